The van der Waals surface area contributed by atoms with Gasteiger partial charge < -0.3 is 10.6 Å². The van der Waals surface area contributed by atoms with Gasteiger partial charge in [-0.1, -0.05) is 38.5 Å². The van der Waals surface area contributed by atoms with Crippen LogP contribution in [-0.2, 0) is 0 Å². The fourth-order valence-electron chi connectivity index (χ4n) is 2.89. The average Bonchev–Trinajstić information content (AvgIpc) is 2.68. The molecule has 1 aliphatic rings. The number of hydrogen-bond donors (Lipinski definition) is 2. The van der Waals surface area contributed by atoms with Crippen LogP contribution >= 0.6 is 0 Å². The molecule has 116 valence electrons. The Morgan fingerprint density at radius 1 is 1.33 bits per heavy atom. The highest BCUT2D eigenvalue weighted by Crippen LogP contribution is 2.32. The lowest BCUT2D eigenvalue weighted by Crippen LogP contribution is -2.41. The van der Waals surface area contributed by atoms with Gasteiger partial charge in [0.2, 0.25) is 0 Å². The van der Waals surface area contributed by atoms with Crippen LogP contribution in [0.3, 0.4) is 0 Å². The molecule has 1 heterocycles. The summed E-state index contributed by atoms with van der Waals surface area (Å²) in [6, 6.07) is 8.65. The van der Waals surface area contributed by atoms with Gasteiger partial charge in [-0.2, -0.15) is 0 Å². The first-order valence-electron chi connectivity index (χ1n) is 8.15. The van der Waals surface area contributed by atoms with E-state index in [1.807, 2.05) is 11.0 Å². The quantitative estimate of drug-likeness (QED) is 0.815. The lowest BCUT2D eigenvalue weighted by atomic mass is 10.0. The van der Waals surface area contributed by atoms with Gasteiger partial charge in [0.25, 0.3) is 0 Å². The summed E-state index contributed by atoms with van der Waals surface area (Å²) >= 11 is 0. The minimum absolute atomic E-state index is 0.0352. The molecular formula is C17H27N3O. The molecule has 0 aromatic heterocycles. The zero-order valence-electron chi connectivity index (χ0n) is 13.2. The number of unbranched alkanes of at least 4 members (excludes halogenated alkanes) is 1. The number of amides is 2. The van der Waals surface area contributed by atoms with Crippen molar-refractivity contribution in [3.8, 4) is 0 Å². The fraction of sp³-hybridized carbons (Fsp3) is 0.588. The number of carbonyl (C=O) groups is 1. The average molecular weight is 289 g/mol. The molecule has 0 radical (unpaired) electrons. The maximum atomic E-state index is 12.4. The second kappa shape index (κ2) is 8.03. The zero-order chi connectivity index (χ0) is 15.1. The van der Waals surface area contributed by atoms with Crippen LogP contribution in [0, 0.1) is 0 Å². The third-order valence-corrected chi connectivity index (χ3v) is 3.98. The van der Waals surface area contributed by atoms with Crippen LogP contribution in [0.25, 0.3) is 0 Å². The molecule has 0 aliphatic carbocycles. The standard InChI is InChI=1S/C17H27N3O/c1-3-5-12-19-17(21)20-13-8-10-15(18-4-2)14-9-6-7-11-16(14)20/h6-7,9,11,15,18H,3-5,8,10,12-13H2,1-2H3,(H,19,21). The monoisotopic (exact) mass is 289 g/mol. The van der Waals surface area contributed by atoms with E-state index in [4.69, 9.17) is 0 Å². The Balaban J connectivity index is 2.18. The molecule has 2 N–H and O–H groups in total. The van der Waals surface area contributed by atoms with Crippen LogP contribution < -0.4 is 15.5 Å². The number of rotatable bonds is 5. The summed E-state index contributed by atoms with van der Waals surface area (Å²) in [5.74, 6) is 0. The molecule has 0 fully saturated rings. The topological polar surface area (TPSA) is 44.4 Å². The SMILES string of the molecule is CCCCNC(=O)N1CCCC(NCC)c2ccccc21. The Bertz CT molecular complexity index is 461. The van der Waals surface area contributed by atoms with E-state index >= 15 is 0 Å². The van der Waals surface area contributed by atoms with Crippen molar-refractivity contribution in [2.24, 2.45) is 0 Å². The number of carbonyl (C=O) groups excluding carboxylic acids is 1. The Morgan fingerprint density at radius 2 is 2.14 bits per heavy atom. The molecule has 2 rings (SSSR count). The van der Waals surface area contributed by atoms with Crippen molar-refractivity contribution in [2.75, 3.05) is 24.5 Å². The van der Waals surface area contributed by atoms with E-state index < -0.39 is 0 Å². The summed E-state index contributed by atoms with van der Waals surface area (Å²) < 4.78 is 0. The van der Waals surface area contributed by atoms with Crippen LogP contribution in [0.15, 0.2) is 24.3 Å². The molecule has 21 heavy (non-hydrogen) atoms. The van der Waals surface area contributed by atoms with Gasteiger partial charge in [0.05, 0.1) is 5.69 Å². The number of anilines is 1. The molecule has 1 unspecified atom stereocenters. The lowest BCUT2D eigenvalue weighted by Gasteiger charge is -2.24. The number of fused-ring (bicyclic) bond motifs is 1. The smallest absolute Gasteiger partial charge is 0.321 e. The molecule has 4 nitrogen and oxygen atoms in total. The van der Waals surface area contributed by atoms with Gasteiger partial charge in [0.15, 0.2) is 0 Å². The summed E-state index contributed by atoms with van der Waals surface area (Å²) in [6.07, 6.45) is 4.22. The van der Waals surface area contributed by atoms with Crippen molar-refractivity contribution in [1.29, 1.82) is 0 Å². The van der Waals surface area contributed by atoms with Crippen LogP contribution in [-0.4, -0.2) is 25.7 Å². The van der Waals surface area contributed by atoms with E-state index in [1.54, 1.807) is 0 Å². The Morgan fingerprint density at radius 3 is 2.90 bits per heavy atom. The number of para-hydroxylation sites is 1. The van der Waals surface area contributed by atoms with Crippen molar-refractivity contribution < 1.29 is 4.79 Å². The highest BCUT2D eigenvalue weighted by atomic mass is 16.2. The summed E-state index contributed by atoms with van der Waals surface area (Å²) in [7, 11) is 0. The molecule has 4 heteroatoms. The predicted molar refractivity (Wildman–Crippen MR) is 87.7 cm³/mol. The van der Waals surface area contributed by atoms with Crippen molar-refractivity contribution in [3.63, 3.8) is 0 Å². The summed E-state index contributed by atoms with van der Waals surface area (Å²) in [5, 5.41) is 6.57. The van der Waals surface area contributed by atoms with Gasteiger partial charge in [-0.3, -0.25) is 4.90 Å². The predicted octanol–water partition coefficient (Wildman–Crippen LogP) is 3.45. The van der Waals surface area contributed by atoms with Gasteiger partial charge in [0.1, 0.15) is 0 Å². The van der Waals surface area contributed by atoms with Crippen molar-refractivity contribution in [2.45, 2.75) is 45.6 Å². The first-order chi connectivity index (χ1) is 10.3. The third-order valence-electron chi connectivity index (χ3n) is 3.98. The summed E-state index contributed by atoms with van der Waals surface area (Å²) in [5.41, 5.74) is 2.29. The maximum Gasteiger partial charge on any atom is 0.321 e. The second-order valence-corrected chi connectivity index (χ2v) is 5.55. The molecule has 0 spiro atoms. The molecule has 1 aromatic carbocycles. The van der Waals surface area contributed by atoms with Crippen LogP contribution in [0.2, 0.25) is 0 Å². The van der Waals surface area contributed by atoms with Gasteiger partial charge >= 0.3 is 6.03 Å². The van der Waals surface area contributed by atoms with Crippen LogP contribution in [0.5, 0.6) is 0 Å². The van der Waals surface area contributed by atoms with Crippen LogP contribution in [0.1, 0.15) is 51.1 Å². The Kier molecular flexibility index (Phi) is 6.05. The van der Waals surface area contributed by atoms with E-state index in [9.17, 15) is 4.79 Å². The normalized spacial score (nSPS) is 18.0. The molecule has 1 aromatic rings. The van der Waals surface area contributed by atoms with Crippen molar-refractivity contribution >= 4 is 11.7 Å². The second-order valence-electron chi connectivity index (χ2n) is 5.55. The number of nitrogens with zero attached hydrogens (tertiary/aromatic N) is 1. The van der Waals surface area contributed by atoms with Gasteiger partial charge in [0, 0.05) is 19.1 Å². The van der Waals surface area contributed by atoms with Gasteiger partial charge in [-0.15, -0.1) is 0 Å². The van der Waals surface area contributed by atoms with Crippen molar-refractivity contribution in [1.82, 2.24) is 10.6 Å². The van der Waals surface area contributed by atoms with E-state index in [1.165, 1.54) is 5.56 Å². The number of urea groups is 1. The fourth-order valence-corrected chi connectivity index (χ4v) is 2.89. The number of hydrogen-bond acceptors (Lipinski definition) is 2. The van der Waals surface area contributed by atoms with E-state index in [0.717, 1.165) is 51.0 Å². The Hall–Kier alpha value is -1.55. The number of nitrogens with one attached hydrogen (secondary N) is 2. The minimum atomic E-state index is 0.0352. The van der Waals surface area contributed by atoms with E-state index in [-0.39, 0.29) is 6.03 Å². The molecule has 0 saturated carbocycles. The number of benzene rings is 1. The maximum absolute atomic E-state index is 12.4. The minimum Gasteiger partial charge on any atom is -0.338 e. The summed E-state index contributed by atoms with van der Waals surface area (Å²) in [4.78, 5) is 14.4. The summed E-state index contributed by atoms with van der Waals surface area (Å²) in [6.45, 7) is 6.75. The molecule has 1 atom stereocenters. The van der Waals surface area contributed by atoms with Crippen LogP contribution in [0.4, 0.5) is 10.5 Å². The zero-order valence-corrected chi connectivity index (χ0v) is 13.2. The molecule has 0 saturated heterocycles. The Labute approximate surface area is 127 Å². The first kappa shape index (κ1) is 15.8. The first-order valence-corrected chi connectivity index (χ1v) is 8.15. The molecule has 0 bridgehead atoms. The third kappa shape index (κ3) is 3.97. The lowest BCUT2D eigenvalue weighted by molar-refractivity contribution is 0.246. The van der Waals surface area contributed by atoms with Crippen molar-refractivity contribution in [3.05, 3.63) is 29.8 Å². The van der Waals surface area contributed by atoms with Gasteiger partial charge in [-0.25, -0.2) is 4.79 Å². The molecule has 1 aliphatic heterocycles. The van der Waals surface area contributed by atoms with E-state index in [0.29, 0.717) is 6.04 Å². The van der Waals surface area contributed by atoms with E-state index in [2.05, 4.69) is 42.7 Å². The molecule has 2 amide bonds. The molecular weight excluding hydrogens is 262 g/mol. The highest BCUT2D eigenvalue weighted by molar-refractivity contribution is 5.93. The van der Waals surface area contributed by atoms with Gasteiger partial charge in [-0.05, 0) is 37.4 Å². The highest BCUT2D eigenvalue weighted by Gasteiger charge is 2.25. The largest absolute Gasteiger partial charge is 0.338 e.